The lowest BCUT2D eigenvalue weighted by Gasteiger charge is -2.15. The van der Waals surface area contributed by atoms with Crippen molar-refractivity contribution in [2.75, 3.05) is 7.11 Å². The summed E-state index contributed by atoms with van der Waals surface area (Å²) in [5.41, 5.74) is 8.68. The summed E-state index contributed by atoms with van der Waals surface area (Å²) in [6.07, 6.45) is 1.73. The molecule has 4 nitrogen and oxygen atoms in total. The summed E-state index contributed by atoms with van der Waals surface area (Å²) in [6, 6.07) is 15.5. The fraction of sp³-hybridized carbons (Fsp3) is 0.125. The summed E-state index contributed by atoms with van der Waals surface area (Å²) >= 11 is 3.41. The summed E-state index contributed by atoms with van der Waals surface area (Å²) in [7, 11) is 1.63. The Morgan fingerprint density at radius 1 is 1.14 bits per heavy atom. The average molecular weight is 348 g/mol. The van der Waals surface area contributed by atoms with Crippen LogP contribution in [-0.2, 0) is 6.54 Å². The van der Waals surface area contributed by atoms with Crippen molar-refractivity contribution in [3.8, 4) is 5.75 Å². The summed E-state index contributed by atoms with van der Waals surface area (Å²) in [5.74, 6) is 6.78. The van der Waals surface area contributed by atoms with Crippen LogP contribution >= 0.6 is 15.9 Å². The number of nitrogens with zero attached hydrogens (tertiary/aromatic N) is 1. The predicted molar refractivity (Wildman–Crippen MR) is 89.0 cm³/mol. The maximum Gasteiger partial charge on any atom is 0.118 e. The van der Waals surface area contributed by atoms with Gasteiger partial charge >= 0.3 is 0 Å². The molecule has 0 amide bonds. The second kappa shape index (κ2) is 7.15. The van der Waals surface area contributed by atoms with E-state index in [1.165, 1.54) is 0 Å². The van der Waals surface area contributed by atoms with Crippen LogP contribution in [0.4, 0.5) is 0 Å². The Labute approximate surface area is 133 Å². The topological polar surface area (TPSA) is 64.5 Å². The summed E-state index contributed by atoms with van der Waals surface area (Å²) in [5, 5.41) is 1.57. The van der Waals surface area contributed by atoms with E-state index in [9.17, 15) is 0 Å². The van der Waals surface area contributed by atoms with Crippen molar-refractivity contribution in [2.45, 2.75) is 6.54 Å². The lowest BCUT2D eigenvalue weighted by Crippen LogP contribution is -2.25. The van der Waals surface area contributed by atoms with Gasteiger partial charge < -0.3 is 15.5 Å². The molecule has 21 heavy (non-hydrogen) atoms. The highest BCUT2D eigenvalue weighted by molar-refractivity contribution is 9.10. The summed E-state index contributed by atoms with van der Waals surface area (Å²) in [6.45, 7) is 0.587. The second-order valence-corrected chi connectivity index (χ2v) is 5.53. The number of halogens is 1. The highest BCUT2D eigenvalue weighted by Crippen LogP contribution is 2.16. The van der Waals surface area contributed by atoms with Gasteiger partial charge in [-0.05, 0) is 47.5 Å². The molecule has 0 spiro atoms. The normalized spacial score (nSPS) is 11.3. The molecule has 0 atom stereocenters. The molecule has 5 heteroatoms. The molecular weight excluding hydrogens is 330 g/mol. The van der Waals surface area contributed by atoms with Crippen molar-refractivity contribution < 1.29 is 4.74 Å². The van der Waals surface area contributed by atoms with E-state index in [0.717, 1.165) is 21.3 Å². The molecule has 110 valence electrons. The standard InChI is InChI=1S/C16H18BrN3O/c1-21-15-8-4-13(5-9-15)16(18)11-20(19)10-12-2-6-14(17)7-3-12/h2-9,11H,10,18-19H2,1H3/b16-11-. The number of rotatable bonds is 5. The molecule has 0 aromatic heterocycles. The van der Waals surface area contributed by atoms with Crippen LogP contribution in [0.5, 0.6) is 5.75 Å². The Morgan fingerprint density at radius 2 is 1.76 bits per heavy atom. The van der Waals surface area contributed by atoms with Gasteiger partial charge in [-0.3, -0.25) is 0 Å². The highest BCUT2D eigenvalue weighted by Gasteiger charge is 2.01. The van der Waals surface area contributed by atoms with Crippen LogP contribution in [0.3, 0.4) is 0 Å². The molecule has 0 aliphatic rings. The molecule has 0 bridgehead atoms. The summed E-state index contributed by atoms with van der Waals surface area (Å²) < 4.78 is 6.16. The van der Waals surface area contributed by atoms with Crippen LogP contribution in [0.15, 0.2) is 59.2 Å². The van der Waals surface area contributed by atoms with Crippen LogP contribution in [0.25, 0.3) is 5.70 Å². The minimum Gasteiger partial charge on any atom is -0.497 e. The third-order valence-corrected chi connectivity index (χ3v) is 3.54. The Balaban J connectivity index is 2.04. The molecule has 0 aliphatic heterocycles. The average Bonchev–Trinajstić information content (AvgIpc) is 2.49. The van der Waals surface area contributed by atoms with Crippen LogP contribution in [0.1, 0.15) is 11.1 Å². The molecule has 2 aromatic carbocycles. The third-order valence-electron chi connectivity index (χ3n) is 3.01. The fourth-order valence-corrected chi connectivity index (χ4v) is 2.15. The first-order valence-electron chi connectivity index (χ1n) is 6.46. The van der Waals surface area contributed by atoms with Gasteiger partial charge in [0, 0.05) is 10.7 Å². The number of nitrogens with two attached hydrogens (primary N) is 2. The molecule has 0 saturated heterocycles. The number of hydrogen-bond donors (Lipinski definition) is 2. The van der Waals surface area contributed by atoms with E-state index in [4.69, 9.17) is 16.3 Å². The van der Waals surface area contributed by atoms with Gasteiger partial charge in [0.05, 0.1) is 19.4 Å². The van der Waals surface area contributed by atoms with Crippen LogP contribution in [-0.4, -0.2) is 12.1 Å². The van der Waals surface area contributed by atoms with Crippen LogP contribution in [0.2, 0.25) is 0 Å². The van der Waals surface area contributed by atoms with Gasteiger partial charge in [0.1, 0.15) is 5.75 Å². The zero-order valence-corrected chi connectivity index (χ0v) is 13.4. The van der Waals surface area contributed by atoms with Crippen molar-refractivity contribution in [1.82, 2.24) is 5.01 Å². The molecule has 0 fully saturated rings. The predicted octanol–water partition coefficient (Wildman–Crippen LogP) is 3.09. The molecule has 0 unspecified atom stereocenters. The first-order chi connectivity index (χ1) is 10.1. The second-order valence-electron chi connectivity index (χ2n) is 4.61. The molecule has 2 rings (SSSR count). The number of hydrazine groups is 1. The van der Waals surface area contributed by atoms with E-state index in [1.807, 2.05) is 48.5 Å². The van der Waals surface area contributed by atoms with E-state index >= 15 is 0 Å². The fourth-order valence-electron chi connectivity index (χ4n) is 1.88. The summed E-state index contributed by atoms with van der Waals surface area (Å²) in [4.78, 5) is 0. The molecule has 0 aliphatic carbocycles. The minimum atomic E-state index is 0.587. The van der Waals surface area contributed by atoms with Gasteiger partial charge in [0.2, 0.25) is 0 Å². The van der Waals surface area contributed by atoms with Gasteiger partial charge in [-0.15, -0.1) is 0 Å². The molecule has 0 saturated carbocycles. The Bertz CT molecular complexity index is 608. The van der Waals surface area contributed by atoms with Gasteiger partial charge in [-0.1, -0.05) is 28.1 Å². The first kappa shape index (κ1) is 15.4. The smallest absolute Gasteiger partial charge is 0.118 e. The van der Waals surface area contributed by atoms with Crippen molar-refractivity contribution >= 4 is 21.6 Å². The van der Waals surface area contributed by atoms with E-state index in [0.29, 0.717) is 12.2 Å². The van der Waals surface area contributed by atoms with Gasteiger partial charge in [-0.2, -0.15) is 0 Å². The van der Waals surface area contributed by atoms with Gasteiger partial charge in [0.25, 0.3) is 0 Å². The lowest BCUT2D eigenvalue weighted by molar-refractivity contribution is 0.388. The van der Waals surface area contributed by atoms with Gasteiger partial charge in [-0.25, -0.2) is 5.84 Å². The Hall–Kier alpha value is -1.98. The minimum absolute atomic E-state index is 0.587. The SMILES string of the molecule is COc1ccc(/C(N)=C/N(N)Cc2ccc(Br)cc2)cc1. The molecule has 4 N–H and O–H groups in total. The first-order valence-corrected chi connectivity index (χ1v) is 7.25. The maximum atomic E-state index is 6.06. The number of ether oxygens (including phenoxy) is 1. The molecule has 0 heterocycles. The molecular formula is C16H18BrN3O. The van der Waals surface area contributed by atoms with E-state index < -0.39 is 0 Å². The largest absolute Gasteiger partial charge is 0.497 e. The maximum absolute atomic E-state index is 6.06. The highest BCUT2D eigenvalue weighted by atomic mass is 79.9. The van der Waals surface area contributed by atoms with Crippen molar-refractivity contribution in [1.29, 1.82) is 0 Å². The van der Waals surface area contributed by atoms with Crippen molar-refractivity contribution in [3.05, 3.63) is 70.3 Å². The quantitative estimate of drug-likeness (QED) is 0.644. The number of methoxy groups -OCH3 is 1. The third kappa shape index (κ3) is 4.51. The monoisotopic (exact) mass is 347 g/mol. The Kier molecular flexibility index (Phi) is 5.25. The van der Waals surface area contributed by atoms with Crippen LogP contribution < -0.4 is 16.3 Å². The number of benzene rings is 2. The Morgan fingerprint density at radius 3 is 2.33 bits per heavy atom. The van der Waals surface area contributed by atoms with E-state index in [1.54, 1.807) is 18.3 Å². The van der Waals surface area contributed by atoms with Crippen molar-refractivity contribution in [2.24, 2.45) is 11.6 Å². The lowest BCUT2D eigenvalue weighted by atomic mass is 10.1. The zero-order chi connectivity index (χ0) is 15.2. The molecule has 2 aromatic rings. The van der Waals surface area contributed by atoms with E-state index in [-0.39, 0.29) is 0 Å². The van der Waals surface area contributed by atoms with Crippen molar-refractivity contribution in [3.63, 3.8) is 0 Å². The molecule has 0 radical (unpaired) electrons. The van der Waals surface area contributed by atoms with Crippen LogP contribution in [0, 0.1) is 0 Å². The van der Waals surface area contributed by atoms with E-state index in [2.05, 4.69) is 15.9 Å². The van der Waals surface area contributed by atoms with Gasteiger partial charge in [0.15, 0.2) is 0 Å². The number of hydrogen-bond acceptors (Lipinski definition) is 4. The zero-order valence-electron chi connectivity index (χ0n) is 11.8.